The molecule has 0 aliphatic rings. The van der Waals surface area contributed by atoms with Crippen molar-refractivity contribution in [1.29, 1.82) is 0 Å². The van der Waals surface area contributed by atoms with Crippen LogP contribution in [0.15, 0.2) is 18.7 Å². The largest absolute Gasteiger partial charge is 0.395 e. The number of hydrogen-bond acceptors (Lipinski definition) is 3. The molecular formula is C15H24N2O2. The minimum absolute atomic E-state index is 0.0800. The zero-order valence-electron chi connectivity index (χ0n) is 12.1. The molecule has 0 fully saturated rings. The van der Waals surface area contributed by atoms with Crippen molar-refractivity contribution >= 4 is 5.78 Å². The second-order valence-corrected chi connectivity index (χ2v) is 4.70. The van der Waals surface area contributed by atoms with E-state index in [9.17, 15) is 4.79 Å². The highest BCUT2D eigenvalue weighted by Gasteiger charge is 2.17. The summed E-state index contributed by atoms with van der Waals surface area (Å²) in [5.74, 6) is 0.110. The van der Waals surface area contributed by atoms with Crippen LogP contribution in [-0.4, -0.2) is 46.6 Å². The van der Waals surface area contributed by atoms with E-state index in [0.29, 0.717) is 13.1 Å². The number of hydrogen-bond donors (Lipinski definition) is 1. The number of allylic oxidation sites excluding steroid dienone is 1. The number of Topliss-reactive ketones (excluding diaryl/α,β-unsaturated/α-hetero) is 1. The van der Waals surface area contributed by atoms with Crippen molar-refractivity contribution in [3.8, 4) is 0 Å². The molecule has 106 valence electrons. The second kappa shape index (κ2) is 7.26. The highest BCUT2D eigenvalue weighted by molar-refractivity contribution is 5.99. The minimum atomic E-state index is 0.0800. The number of carbonyl (C=O) groups excluding carboxylic acids is 1. The van der Waals surface area contributed by atoms with Gasteiger partial charge in [0.15, 0.2) is 5.78 Å². The zero-order valence-corrected chi connectivity index (χ0v) is 12.1. The van der Waals surface area contributed by atoms with Gasteiger partial charge in [0.1, 0.15) is 0 Å². The first kappa shape index (κ1) is 15.7. The topological polar surface area (TPSA) is 45.5 Å². The summed E-state index contributed by atoms with van der Waals surface area (Å²) >= 11 is 0. The third kappa shape index (κ3) is 3.78. The summed E-state index contributed by atoms with van der Waals surface area (Å²) in [4.78, 5) is 14.3. The molecule has 19 heavy (non-hydrogen) atoms. The van der Waals surface area contributed by atoms with Gasteiger partial charge in [-0.3, -0.25) is 9.69 Å². The Bertz CT molecular complexity index is 449. The van der Waals surface area contributed by atoms with Crippen LogP contribution in [0.1, 0.15) is 28.7 Å². The number of likely N-dealkylation sites (N-methyl/N-ethyl adjacent to an activating group) is 1. The Morgan fingerprint density at radius 2 is 2.21 bits per heavy atom. The second-order valence-electron chi connectivity index (χ2n) is 4.70. The van der Waals surface area contributed by atoms with Gasteiger partial charge in [-0.2, -0.15) is 0 Å². The molecule has 0 unspecified atom stereocenters. The van der Waals surface area contributed by atoms with E-state index in [4.69, 9.17) is 5.11 Å². The smallest absolute Gasteiger partial charge is 0.178 e. The Labute approximate surface area is 115 Å². The van der Waals surface area contributed by atoms with Crippen LogP contribution in [0.3, 0.4) is 0 Å². The van der Waals surface area contributed by atoms with E-state index in [0.717, 1.165) is 30.0 Å². The first-order valence-electron chi connectivity index (χ1n) is 6.69. The predicted molar refractivity (Wildman–Crippen MR) is 77.6 cm³/mol. The molecule has 4 heteroatoms. The van der Waals surface area contributed by atoms with Crippen LogP contribution in [0.5, 0.6) is 0 Å². The maximum Gasteiger partial charge on any atom is 0.178 e. The molecule has 0 amide bonds. The lowest BCUT2D eigenvalue weighted by molar-refractivity contribution is 0.0919. The van der Waals surface area contributed by atoms with Crippen molar-refractivity contribution < 1.29 is 9.90 Å². The molecule has 0 atom stereocenters. The van der Waals surface area contributed by atoms with Crippen LogP contribution < -0.4 is 0 Å². The van der Waals surface area contributed by atoms with Gasteiger partial charge in [0.2, 0.25) is 0 Å². The maximum absolute atomic E-state index is 12.3. The Morgan fingerprint density at radius 1 is 1.53 bits per heavy atom. The van der Waals surface area contributed by atoms with Gasteiger partial charge in [0, 0.05) is 30.0 Å². The molecule has 4 nitrogen and oxygen atoms in total. The highest BCUT2D eigenvalue weighted by Crippen LogP contribution is 2.16. The summed E-state index contributed by atoms with van der Waals surface area (Å²) in [7, 11) is 0. The van der Waals surface area contributed by atoms with Gasteiger partial charge in [-0.05, 0) is 26.5 Å². The van der Waals surface area contributed by atoms with Crippen molar-refractivity contribution in [2.24, 2.45) is 0 Å². The SMILES string of the molecule is C=CCn1c(C)cc(C(=O)CN(CC)CCO)c1C. The van der Waals surface area contributed by atoms with Gasteiger partial charge in [0.25, 0.3) is 0 Å². The van der Waals surface area contributed by atoms with Crippen molar-refractivity contribution in [2.45, 2.75) is 27.3 Å². The van der Waals surface area contributed by atoms with Gasteiger partial charge in [-0.1, -0.05) is 13.0 Å². The van der Waals surface area contributed by atoms with E-state index < -0.39 is 0 Å². The number of aromatic nitrogens is 1. The molecular weight excluding hydrogens is 240 g/mol. The van der Waals surface area contributed by atoms with Gasteiger partial charge in [0.05, 0.1) is 13.2 Å². The summed E-state index contributed by atoms with van der Waals surface area (Å²) in [6.45, 7) is 12.1. The Hall–Kier alpha value is -1.39. The fourth-order valence-electron chi connectivity index (χ4n) is 2.27. The Morgan fingerprint density at radius 3 is 2.74 bits per heavy atom. The van der Waals surface area contributed by atoms with Crippen LogP contribution in [0.4, 0.5) is 0 Å². The average Bonchev–Trinajstić information content (AvgIpc) is 2.66. The number of aryl methyl sites for hydroxylation is 1. The molecule has 1 heterocycles. The molecule has 0 bridgehead atoms. The van der Waals surface area contributed by atoms with Crippen LogP contribution in [-0.2, 0) is 6.54 Å². The van der Waals surface area contributed by atoms with Crippen molar-refractivity contribution in [1.82, 2.24) is 9.47 Å². The molecule has 0 saturated heterocycles. The molecule has 1 rings (SSSR count). The summed E-state index contributed by atoms with van der Waals surface area (Å²) < 4.78 is 2.09. The normalized spacial score (nSPS) is 11.0. The van der Waals surface area contributed by atoms with Gasteiger partial charge < -0.3 is 9.67 Å². The summed E-state index contributed by atoms with van der Waals surface area (Å²) in [5.41, 5.74) is 2.84. The molecule has 0 saturated carbocycles. The fraction of sp³-hybridized carbons (Fsp3) is 0.533. The minimum Gasteiger partial charge on any atom is -0.395 e. The molecule has 0 aliphatic heterocycles. The summed E-state index contributed by atoms with van der Waals surface area (Å²) in [6, 6.07) is 1.94. The number of nitrogens with zero attached hydrogens (tertiary/aromatic N) is 2. The van der Waals surface area contributed by atoms with Crippen LogP contribution in [0, 0.1) is 13.8 Å². The van der Waals surface area contributed by atoms with Crippen molar-refractivity contribution in [3.05, 3.63) is 35.7 Å². The first-order valence-corrected chi connectivity index (χ1v) is 6.69. The van der Waals surface area contributed by atoms with E-state index in [1.165, 1.54) is 0 Å². The quantitative estimate of drug-likeness (QED) is 0.575. The molecule has 0 radical (unpaired) electrons. The van der Waals surface area contributed by atoms with Crippen molar-refractivity contribution in [3.63, 3.8) is 0 Å². The summed E-state index contributed by atoms with van der Waals surface area (Å²) in [6.07, 6.45) is 1.83. The van der Waals surface area contributed by atoms with E-state index in [-0.39, 0.29) is 12.4 Å². The zero-order chi connectivity index (χ0) is 14.4. The molecule has 0 aliphatic carbocycles. The highest BCUT2D eigenvalue weighted by atomic mass is 16.3. The van der Waals surface area contributed by atoms with Gasteiger partial charge in [-0.15, -0.1) is 6.58 Å². The molecule has 1 aromatic rings. The lowest BCUT2D eigenvalue weighted by Crippen LogP contribution is -2.32. The fourth-order valence-corrected chi connectivity index (χ4v) is 2.27. The van der Waals surface area contributed by atoms with E-state index in [2.05, 4.69) is 11.1 Å². The van der Waals surface area contributed by atoms with Crippen LogP contribution in [0.25, 0.3) is 0 Å². The molecule has 1 N–H and O–H groups in total. The summed E-state index contributed by atoms with van der Waals surface area (Å²) in [5, 5.41) is 8.96. The van der Waals surface area contributed by atoms with Gasteiger partial charge in [-0.25, -0.2) is 0 Å². The average molecular weight is 264 g/mol. The monoisotopic (exact) mass is 264 g/mol. The van der Waals surface area contributed by atoms with E-state index >= 15 is 0 Å². The Kier molecular flexibility index (Phi) is 5.99. The van der Waals surface area contributed by atoms with Crippen LogP contribution >= 0.6 is 0 Å². The predicted octanol–water partition coefficient (Wildman–Crippen LogP) is 1.79. The third-order valence-corrected chi connectivity index (χ3v) is 3.42. The molecule has 1 aromatic heterocycles. The Balaban J connectivity index is 2.88. The standard InChI is InChI=1S/C15H24N2O2/c1-5-7-17-12(3)10-14(13(17)4)15(19)11-16(6-2)8-9-18/h5,10,18H,1,6-9,11H2,2-4H3. The van der Waals surface area contributed by atoms with E-state index in [1.54, 1.807) is 0 Å². The van der Waals surface area contributed by atoms with Crippen LogP contribution in [0.2, 0.25) is 0 Å². The molecule has 0 spiro atoms. The lowest BCUT2D eigenvalue weighted by atomic mass is 10.1. The first-order chi connectivity index (χ1) is 9.04. The van der Waals surface area contributed by atoms with Crippen molar-refractivity contribution in [2.75, 3.05) is 26.2 Å². The third-order valence-electron chi connectivity index (χ3n) is 3.42. The lowest BCUT2D eigenvalue weighted by Gasteiger charge is -2.17. The molecule has 0 aromatic carbocycles. The maximum atomic E-state index is 12.3. The number of rotatable bonds is 8. The number of ketones is 1. The van der Waals surface area contributed by atoms with Gasteiger partial charge >= 0.3 is 0 Å². The van der Waals surface area contributed by atoms with E-state index in [1.807, 2.05) is 37.8 Å². The number of carbonyl (C=O) groups is 1. The number of aliphatic hydroxyl groups is 1. The number of aliphatic hydroxyl groups excluding tert-OH is 1.